The van der Waals surface area contributed by atoms with Crippen LogP contribution < -0.4 is 0 Å². The van der Waals surface area contributed by atoms with Crippen LogP contribution in [-0.4, -0.2) is 16.9 Å². The second-order valence-electron chi connectivity index (χ2n) is 5.78. The van der Waals surface area contributed by atoms with Gasteiger partial charge in [0.2, 0.25) is 0 Å². The number of hydrogen-bond acceptors (Lipinski definition) is 2. The molecule has 4 aliphatic rings. The van der Waals surface area contributed by atoms with Gasteiger partial charge in [0.25, 0.3) is 0 Å². The highest BCUT2D eigenvalue weighted by Crippen LogP contribution is 2.88. The molecule has 0 spiro atoms. The van der Waals surface area contributed by atoms with E-state index in [1.54, 1.807) is 0 Å². The largest absolute Gasteiger partial charge is 0.481 e. The van der Waals surface area contributed by atoms with Crippen molar-refractivity contribution in [2.75, 3.05) is 0 Å². The number of rotatable bonds is 1. The van der Waals surface area contributed by atoms with Gasteiger partial charge in [-0.05, 0) is 17.8 Å². The Morgan fingerprint density at radius 1 is 1.43 bits per heavy atom. The lowest BCUT2D eigenvalue weighted by atomic mass is 9.66. The van der Waals surface area contributed by atoms with Crippen LogP contribution in [-0.2, 0) is 9.59 Å². The van der Waals surface area contributed by atoms with Crippen molar-refractivity contribution in [1.29, 1.82) is 0 Å². The molecule has 4 aliphatic carbocycles. The normalized spacial score (nSPS) is 56.4. The van der Waals surface area contributed by atoms with Crippen LogP contribution in [0, 0.1) is 28.1 Å². The van der Waals surface area contributed by atoms with E-state index < -0.39 is 11.4 Å². The van der Waals surface area contributed by atoms with Gasteiger partial charge in [-0.1, -0.05) is 20.8 Å². The molecule has 0 radical (unpaired) electrons. The standard InChI is InChI=1S/C11H14O3/c1-9(2)10(3)4-5-6(7(10)12)11(5,9)8(13)14/h5-6H,4H2,1-3H3,(H,13,14)/t5-,6-,10+,11-/m0/s1. The highest BCUT2D eigenvalue weighted by molar-refractivity contribution is 6.06. The number of carbonyl (C=O) groups is 2. The first-order valence-corrected chi connectivity index (χ1v) is 5.09. The zero-order valence-electron chi connectivity index (χ0n) is 8.63. The number of aliphatic carboxylic acids is 1. The fraction of sp³-hybridized carbons (Fsp3) is 0.818. The molecule has 0 aromatic rings. The summed E-state index contributed by atoms with van der Waals surface area (Å²) in [6.45, 7) is 5.85. The van der Waals surface area contributed by atoms with Crippen LogP contribution >= 0.6 is 0 Å². The van der Waals surface area contributed by atoms with Crippen LogP contribution in [0.1, 0.15) is 27.2 Å². The molecule has 1 N–H and O–H groups in total. The molecule has 0 heterocycles. The molecule has 0 aromatic carbocycles. The van der Waals surface area contributed by atoms with E-state index in [4.69, 9.17) is 0 Å². The topological polar surface area (TPSA) is 54.4 Å². The summed E-state index contributed by atoms with van der Waals surface area (Å²) in [5, 5.41) is 9.33. The Balaban J connectivity index is 2.26. The number of carbonyl (C=O) groups excluding carboxylic acids is 1. The van der Waals surface area contributed by atoms with Crippen LogP contribution in [0.15, 0.2) is 0 Å². The molecular weight excluding hydrogens is 180 g/mol. The van der Waals surface area contributed by atoms with Gasteiger partial charge in [0.05, 0.1) is 5.41 Å². The summed E-state index contributed by atoms with van der Waals surface area (Å²) in [4.78, 5) is 23.3. The van der Waals surface area contributed by atoms with E-state index >= 15 is 0 Å². The summed E-state index contributed by atoms with van der Waals surface area (Å²) in [7, 11) is 0. The lowest BCUT2D eigenvalue weighted by Gasteiger charge is -2.35. The van der Waals surface area contributed by atoms with Crippen molar-refractivity contribution >= 4 is 11.8 Å². The molecule has 4 bridgehead atoms. The number of hydrogen-bond donors (Lipinski definition) is 1. The minimum Gasteiger partial charge on any atom is -0.481 e. The molecule has 3 nitrogen and oxygen atoms in total. The van der Waals surface area contributed by atoms with E-state index in [1.807, 2.05) is 20.8 Å². The molecule has 14 heavy (non-hydrogen) atoms. The van der Waals surface area contributed by atoms with Crippen molar-refractivity contribution in [2.45, 2.75) is 27.2 Å². The van der Waals surface area contributed by atoms with Gasteiger partial charge >= 0.3 is 5.97 Å². The Labute approximate surface area is 82.5 Å². The van der Waals surface area contributed by atoms with Gasteiger partial charge in [-0.3, -0.25) is 9.59 Å². The SMILES string of the molecule is CC1(C)[C@]2(C(=O)O)[C@@H]3C(=O)[C@@]1(C)C[C@@H]32. The third kappa shape index (κ3) is 0.421. The lowest BCUT2D eigenvalue weighted by molar-refractivity contribution is -0.148. The molecule has 0 aromatic heterocycles. The van der Waals surface area contributed by atoms with Crippen molar-refractivity contribution < 1.29 is 14.7 Å². The van der Waals surface area contributed by atoms with Crippen LogP contribution in [0.5, 0.6) is 0 Å². The van der Waals surface area contributed by atoms with Gasteiger partial charge < -0.3 is 5.11 Å². The first kappa shape index (κ1) is 8.45. The van der Waals surface area contributed by atoms with E-state index in [1.165, 1.54) is 0 Å². The number of carboxylic acids is 1. The fourth-order valence-corrected chi connectivity index (χ4v) is 4.44. The molecule has 4 atom stereocenters. The summed E-state index contributed by atoms with van der Waals surface area (Å²) in [5.41, 5.74) is -1.45. The molecule has 4 rings (SSSR count). The highest BCUT2D eigenvalue weighted by Gasteiger charge is 2.94. The van der Waals surface area contributed by atoms with Gasteiger partial charge in [-0.15, -0.1) is 0 Å². The smallest absolute Gasteiger partial charge is 0.311 e. The summed E-state index contributed by atoms with van der Waals surface area (Å²) in [6.07, 6.45) is 0.788. The molecule has 0 amide bonds. The maximum Gasteiger partial charge on any atom is 0.311 e. The van der Waals surface area contributed by atoms with Crippen LogP contribution in [0.2, 0.25) is 0 Å². The average molecular weight is 194 g/mol. The zero-order chi connectivity index (χ0) is 10.5. The first-order valence-electron chi connectivity index (χ1n) is 5.09. The van der Waals surface area contributed by atoms with E-state index in [-0.39, 0.29) is 28.4 Å². The lowest BCUT2D eigenvalue weighted by Crippen LogP contribution is -2.38. The third-order valence-corrected chi connectivity index (χ3v) is 5.59. The van der Waals surface area contributed by atoms with E-state index in [0.717, 1.165) is 6.42 Å². The maximum atomic E-state index is 12.0. The maximum absolute atomic E-state index is 12.0. The fourth-order valence-electron chi connectivity index (χ4n) is 4.44. The number of Topliss-reactive ketones (excluding diaryl/α,β-unsaturated/α-hetero) is 1. The molecule has 76 valence electrons. The predicted molar refractivity (Wildman–Crippen MR) is 48.6 cm³/mol. The Hall–Kier alpha value is -0.860. The first-order chi connectivity index (χ1) is 6.32. The van der Waals surface area contributed by atoms with Crippen LogP contribution in [0.4, 0.5) is 0 Å². The molecule has 4 fully saturated rings. The Morgan fingerprint density at radius 3 is 2.14 bits per heavy atom. The van der Waals surface area contributed by atoms with E-state index in [9.17, 15) is 14.7 Å². The van der Waals surface area contributed by atoms with Crippen molar-refractivity contribution in [2.24, 2.45) is 28.1 Å². The van der Waals surface area contributed by atoms with Crippen LogP contribution in [0.3, 0.4) is 0 Å². The van der Waals surface area contributed by atoms with Gasteiger partial charge in [-0.25, -0.2) is 0 Å². The van der Waals surface area contributed by atoms with E-state index in [0.29, 0.717) is 0 Å². The van der Waals surface area contributed by atoms with Crippen molar-refractivity contribution in [3.63, 3.8) is 0 Å². The predicted octanol–water partition coefficient (Wildman–Crippen LogP) is 1.32. The molecule has 3 heteroatoms. The summed E-state index contributed by atoms with van der Waals surface area (Å²) >= 11 is 0. The van der Waals surface area contributed by atoms with Crippen LogP contribution in [0.25, 0.3) is 0 Å². The summed E-state index contributed by atoms with van der Waals surface area (Å²) in [6, 6.07) is 0. The Morgan fingerprint density at radius 2 is 2.00 bits per heavy atom. The third-order valence-electron chi connectivity index (χ3n) is 5.59. The quantitative estimate of drug-likeness (QED) is 0.685. The van der Waals surface area contributed by atoms with Gasteiger partial charge in [-0.2, -0.15) is 0 Å². The second kappa shape index (κ2) is 1.66. The average Bonchev–Trinajstić information content (AvgIpc) is 2.53. The van der Waals surface area contributed by atoms with E-state index in [2.05, 4.69) is 0 Å². The Kier molecular flexibility index (Phi) is 1.00. The van der Waals surface area contributed by atoms with Gasteiger partial charge in [0, 0.05) is 11.3 Å². The van der Waals surface area contributed by atoms with Crippen molar-refractivity contribution in [1.82, 2.24) is 0 Å². The van der Waals surface area contributed by atoms with Gasteiger partial charge in [0.1, 0.15) is 5.78 Å². The summed E-state index contributed by atoms with van der Waals surface area (Å²) in [5.74, 6) is -0.588. The highest BCUT2D eigenvalue weighted by atomic mass is 16.4. The molecule has 0 saturated heterocycles. The van der Waals surface area contributed by atoms with Crippen molar-refractivity contribution in [3.8, 4) is 0 Å². The summed E-state index contributed by atoms with van der Waals surface area (Å²) < 4.78 is 0. The minimum atomic E-state index is -0.757. The molecule has 0 aliphatic heterocycles. The van der Waals surface area contributed by atoms with Crippen molar-refractivity contribution in [3.05, 3.63) is 0 Å². The zero-order valence-corrected chi connectivity index (χ0v) is 8.63. The molecule has 0 unspecified atom stereocenters. The minimum absolute atomic E-state index is 0.132. The number of ketones is 1. The number of carboxylic acid groups (broad SMARTS) is 1. The molecule has 4 saturated carbocycles. The van der Waals surface area contributed by atoms with Gasteiger partial charge in [0.15, 0.2) is 0 Å². The molecular formula is C11H14O3. The Bertz CT molecular complexity index is 384. The second-order valence-corrected chi connectivity index (χ2v) is 5.78. The monoisotopic (exact) mass is 194 g/mol.